The van der Waals surface area contributed by atoms with Crippen LogP contribution in [0.25, 0.3) is 11.0 Å². The summed E-state index contributed by atoms with van der Waals surface area (Å²) in [7, 11) is 0. The summed E-state index contributed by atoms with van der Waals surface area (Å²) < 4.78 is 0. The van der Waals surface area contributed by atoms with Gasteiger partial charge in [0, 0.05) is 17.7 Å². The lowest BCUT2D eigenvalue weighted by Gasteiger charge is -2.07. The number of hydrogen-bond acceptors (Lipinski definition) is 5. The summed E-state index contributed by atoms with van der Waals surface area (Å²) in [5.41, 5.74) is 5.70. The number of nitro groups is 1. The lowest BCUT2D eigenvalue weighted by atomic mass is 10.1. The molecule has 4 aromatic rings. The number of aromatic nitrogens is 2. The molecule has 1 heterocycles. The van der Waals surface area contributed by atoms with Crippen LogP contribution >= 0.6 is 0 Å². The number of nitrogens with one attached hydrogen (secondary N) is 2. The Balaban J connectivity index is 1.61. The number of nitrogens with zero attached hydrogens (tertiary/aromatic N) is 3. The van der Waals surface area contributed by atoms with Gasteiger partial charge in [0.05, 0.1) is 28.1 Å². The molecule has 1 amide bonds. The fourth-order valence-corrected chi connectivity index (χ4v) is 3.03. The second kappa shape index (κ2) is 8.36. The Hall–Kier alpha value is -4.33. The summed E-state index contributed by atoms with van der Waals surface area (Å²) in [4.78, 5) is 30.7. The quantitative estimate of drug-likeness (QED) is 0.291. The Morgan fingerprint density at radius 2 is 1.73 bits per heavy atom. The van der Waals surface area contributed by atoms with Crippen molar-refractivity contribution in [1.82, 2.24) is 15.4 Å². The van der Waals surface area contributed by atoms with Crippen LogP contribution in [0, 0.1) is 10.1 Å². The standard InChI is InChI=1S/C22H17N5O3/c28-22(16-9-6-10-17(13-16)27(29)30)26-25-20(15-7-2-1-3-8-15)14-21-23-18-11-4-5-12-19(18)24-21/h1-13H,14H2,(H,23,24)(H,26,28)/b25-20-. The number of non-ortho nitro benzene ring substituents is 1. The maximum atomic E-state index is 12.5. The average Bonchev–Trinajstić information content (AvgIpc) is 3.19. The molecule has 0 aliphatic rings. The third-order valence-electron chi connectivity index (χ3n) is 4.49. The van der Waals surface area contributed by atoms with Gasteiger partial charge in [-0.3, -0.25) is 14.9 Å². The predicted octanol–water partition coefficient (Wildman–Crippen LogP) is 3.85. The molecule has 0 fully saturated rings. The lowest BCUT2D eigenvalue weighted by Crippen LogP contribution is -2.21. The number of imidazole rings is 1. The zero-order valence-electron chi connectivity index (χ0n) is 15.8. The van der Waals surface area contributed by atoms with Crippen molar-refractivity contribution in [1.29, 1.82) is 0 Å². The third kappa shape index (κ3) is 4.22. The van der Waals surface area contributed by atoms with E-state index in [0.717, 1.165) is 16.6 Å². The van der Waals surface area contributed by atoms with Crippen LogP contribution in [0.1, 0.15) is 21.7 Å². The number of para-hydroxylation sites is 2. The molecular weight excluding hydrogens is 382 g/mol. The van der Waals surface area contributed by atoms with Crippen LogP contribution in [0.3, 0.4) is 0 Å². The van der Waals surface area contributed by atoms with Crippen molar-refractivity contribution in [2.75, 3.05) is 0 Å². The topological polar surface area (TPSA) is 113 Å². The van der Waals surface area contributed by atoms with Gasteiger partial charge in [0.25, 0.3) is 11.6 Å². The van der Waals surface area contributed by atoms with Crippen molar-refractivity contribution >= 4 is 28.3 Å². The number of aromatic amines is 1. The number of H-pyrrole nitrogens is 1. The molecule has 0 saturated carbocycles. The maximum Gasteiger partial charge on any atom is 0.271 e. The number of hydrogen-bond donors (Lipinski definition) is 2. The first-order valence-electron chi connectivity index (χ1n) is 9.20. The van der Waals surface area contributed by atoms with Gasteiger partial charge in [0.1, 0.15) is 5.82 Å². The van der Waals surface area contributed by atoms with Crippen LogP contribution in [-0.2, 0) is 6.42 Å². The van der Waals surface area contributed by atoms with Crippen LogP contribution in [-0.4, -0.2) is 26.5 Å². The molecule has 0 unspecified atom stereocenters. The molecule has 4 rings (SSSR count). The van der Waals surface area contributed by atoms with E-state index >= 15 is 0 Å². The molecule has 0 spiro atoms. The molecule has 8 heteroatoms. The summed E-state index contributed by atoms with van der Waals surface area (Å²) in [6.45, 7) is 0. The second-order valence-electron chi connectivity index (χ2n) is 6.55. The van der Waals surface area contributed by atoms with E-state index in [4.69, 9.17) is 0 Å². The molecule has 0 bridgehead atoms. The molecule has 1 aromatic heterocycles. The van der Waals surface area contributed by atoms with E-state index < -0.39 is 10.8 Å². The molecule has 0 aliphatic carbocycles. The Labute approximate surface area is 171 Å². The van der Waals surface area contributed by atoms with E-state index in [1.807, 2.05) is 54.6 Å². The van der Waals surface area contributed by atoms with Crippen LogP contribution in [0.5, 0.6) is 0 Å². The van der Waals surface area contributed by atoms with E-state index in [0.29, 0.717) is 18.0 Å². The van der Waals surface area contributed by atoms with E-state index in [2.05, 4.69) is 20.5 Å². The van der Waals surface area contributed by atoms with Crippen molar-refractivity contribution in [3.8, 4) is 0 Å². The fraction of sp³-hybridized carbons (Fsp3) is 0.0455. The van der Waals surface area contributed by atoms with Crippen molar-refractivity contribution in [2.24, 2.45) is 5.10 Å². The SMILES string of the molecule is O=C(N/N=C(/Cc1nc2ccccc2[nH]1)c1ccccc1)c1cccc([N+](=O)[O-])c1. The predicted molar refractivity (Wildman–Crippen MR) is 113 cm³/mol. The number of benzene rings is 3. The normalized spacial score (nSPS) is 11.4. The number of carbonyl (C=O) groups excluding carboxylic acids is 1. The van der Waals surface area contributed by atoms with Gasteiger partial charge in [-0.05, 0) is 23.8 Å². The van der Waals surface area contributed by atoms with Gasteiger partial charge in [-0.1, -0.05) is 48.5 Å². The van der Waals surface area contributed by atoms with Gasteiger partial charge in [0.15, 0.2) is 0 Å². The summed E-state index contributed by atoms with van der Waals surface area (Å²) in [5, 5.41) is 15.2. The zero-order valence-corrected chi connectivity index (χ0v) is 15.8. The number of fused-ring (bicyclic) bond motifs is 1. The highest BCUT2D eigenvalue weighted by molar-refractivity contribution is 6.03. The van der Waals surface area contributed by atoms with Crippen molar-refractivity contribution in [3.05, 3.63) is 106 Å². The Kier molecular flexibility index (Phi) is 5.29. The van der Waals surface area contributed by atoms with Gasteiger partial charge in [-0.15, -0.1) is 0 Å². The molecule has 2 N–H and O–H groups in total. The minimum absolute atomic E-state index is 0.155. The minimum Gasteiger partial charge on any atom is -0.342 e. The van der Waals surface area contributed by atoms with Gasteiger partial charge in [-0.2, -0.15) is 5.10 Å². The lowest BCUT2D eigenvalue weighted by molar-refractivity contribution is -0.384. The number of amides is 1. The first-order chi connectivity index (χ1) is 14.6. The third-order valence-corrected chi connectivity index (χ3v) is 4.49. The van der Waals surface area contributed by atoms with Gasteiger partial charge in [0.2, 0.25) is 0 Å². The molecule has 0 saturated heterocycles. The maximum absolute atomic E-state index is 12.5. The van der Waals surface area contributed by atoms with Gasteiger partial charge < -0.3 is 4.98 Å². The molecular formula is C22H17N5O3. The van der Waals surface area contributed by atoms with Gasteiger partial charge >= 0.3 is 0 Å². The van der Waals surface area contributed by atoms with Crippen LogP contribution in [0.4, 0.5) is 5.69 Å². The summed E-state index contributed by atoms with van der Waals surface area (Å²) >= 11 is 0. The van der Waals surface area contributed by atoms with E-state index in [9.17, 15) is 14.9 Å². The highest BCUT2D eigenvalue weighted by Gasteiger charge is 2.13. The van der Waals surface area contributed by atoms with E-state index in [1.165, 1.54) is 24.3 Å². The first-order valence-corrected chi connectivity index (χ1v) is 9.20. The highest BCUT2D eigenvalue weighted by Crippen LogP contribution is 2.14. The number of rotatable bonds is 6. The minimum atomic E-state index is -0.545. The molecule has 30 heavy (non-hydrogen) atoms. The Bertz CT molecular complexity index is 1210. The average molecular weight is 399 g/mol. The first kappa shape index (κ1) is 19.0. The van der Waals surface area contributed by atoms with Gasteiger partial charge in [-0.25, -0.2) is 10.4 Å². The van der Waals surface area contributed by atoms with E-state index in [-0.39, 0.29) is 11.3 Å². The number of carbonyl (C=O) groups is 1. The summed E-state index contributed by atoms with van der Waals surface area (Å²) in [6.07, 6.45) is 0.369. The Morgan fingerprint density at radius 1 is 1.00 bits per heavy atom. The van der Waals surface area contributed by atoms with Crippen LogP contribution in [0.15, 0.2) is 84.0 Å². The number of hydrazone groups is 1. The van der Waals surface area contributed by atoms with Crippen molar-refractivity contribution < 1.29 is 9.72 Å². The molecule has 3 aromatic carbocycles. The molecule has 0 aliphatic heterocycles. The monoisotopic (exact) mass is 399 g/mol. The van der Waals surface area contributed by atoms with Crippen LogP contribution < -0.4 is 5.43 Å². The smallest absolute Gasteiger partial charge is 0.271 e. The van der Waals surface area contributed by atoms with E-state index in [1.54, 1.807) is 0 Å². The largest absolute Gasteiger partial charge is 0.342 e. The van der Waals surface area contributed by atoms with Crippen molar-refractivity contribution in [3.63, 3.8) is 0 Å². The summed E-state index contributed by atoms with van der Waals surface area (Å²) in [5.74, 6) is 0.181. The Morgan fingerprint density at radius 3 is 2.50 bits per heavy atom. The van der Waals surface area contributed by atoms with Crippen LogP contribution in [0.2, 0.25) is 0 Å². The molecule has 8 nitrogen and oxygen atoms in total. The fourth-order valence-electron chi connectivity index (χ4n) is 3.03. The van der Waals surface area contributed by atoms with Crippen molar-refractivity contribution in [2.45, 2.75) is 6.42 Å². The zero-order chi connectivity index (χ0) is 20.9. The second-order valence-corrected chi connectivity index (χ2v) is 6.55. The summed E-state index contributed by atoms with van der Waals surface area (Å²) in [6, 6.07) is 22.6. The highest BCUT2D eigenvalue weighted by atomic mass is 16.6. The molecule has 0 atom stereocenters. The number of nitro benzene ring substituents is 1. The molecule has 148 valence electrons. The molecule has 0 radical (unpaired) electrons.